The molecule has 5 rings (SSSR count). The predicted molar refractivity (Wildman–Crippen MR) is 136 cm³/mol. The lowest BCUT2D eigenvalue weighted by atomic mass is 9.82. The van der Waals surface area contributed by atoms with Crippen molar-refractivity contribution in [2.75, 3.05) is 19.9 Å². The Balaban J connectivity index is 1.08. The first-order valence-corrected chi connectivity index (χ1v) is 13.5. The van der Waals surface area contributed by atoms with Gasteiger partial charge in [-0.3, -0.25) is 28.8 Å². The quantitative estimate of drug-likeness (QED) is 0.282. The molecule has 4 atom stereocenters. The summed E-state index contributed by atoms with van der Waals surface area (Å²) in [5.74, 6) is -1.03. The fourth-order valence-corrected chi connectivity index (χ4v) is 5.56. The van der Waals surface area contributed by atoms with Crippen molar-refractivity contribution in [3.05, 3.63) is 24.2 Å². The van der Waals surface area contributed by atoms with E-state index < -0.39 is 37.3 Å². The summed E-state index contributed by atoms with van der Waals surface area (Å²) in [6, 6.07) is 0. The van der Waals surface area contributed by atoms with E-state index in [0.29, 0.717) is 50.9 Å². The van der Waals surface area contributed by atoms with Gasteiger partial charge in [-0.15, -0.1) is 0 Å². The van der Waals surface area contributed by atoms with Gasteiger partial charge in [0, 0.05) is 25.1 Å². The average Bonchev–Trinajstić information content (AvgIpc) is 3.60. The van der Waals surface area contributed by atoms with Crippen LogP contribution in [0, 0.1) is 11.8 Å². The minimum absolute atomic E-state index is 0.122. The number of aliphatic hydroxyl groups excluding tert-OH is 2. The molecule has 40 heavy (non-hydrogen) atoms. The van der Waals surface area contributed by atoms with Crippen LogP contribution in [0.25, 0.3) is 0 Å². The Morgan fingerprint density at radius 1 is 1.10 bits per heavy atom. The van der Waals surface area contributed by atoms with Gasteiger partial charge in [-0.25, -0.2) is 14.8 Å². The van der Waals surface area contributed by atoms with Gasteiger partial charge in [0.2, 0.25) is 6.79 Å². The van der Waals surface area contributed by atoms with Gasteiger partial charge in [-0.05, 0) is 38.0 Å². The third-order valence-electron chi connectivity index (χ3n) is 7.86. The lowest BCUT2D eigenvalue weighted by Gasteiger charge is -2.29. The Morgan fingerprint density at radius 2 is 1.82 bits per heavy atom. The lowest BCUT2D eigenvalue weighted by Crippen LogP contribution is -2.37. The fraction of sp³-hybridized carbons (Fsp3) is 0.615. The number of amides is 3. The van der Waals surface area contributed by atoms with E-state index in [-0.39, 0.29) is 42.0 Å². The zero-order valence-electron chi connectivity index (χ0n) is 22.1. The lowest BCUT2D eigenvalue weighted by molar-refractivity contribution is -0.159. The normalized spacial score (nSPS) is 30.0. The van der Waals surface area contributed by atoms with Crippen LogP contribution in [-0.2, 0) is 28.6 Å². The molecule has 0 radical (unpaired) electrons. The second kappa shape index (κ2) is 11.9. The highest BCUT2D eigenvalue weighted by Crippen LogP contribution is 2.37. The van der Waals surface area contributed by atoms with Crippen LogP contribution in [0.2, 0.25) is 0 Å². The van der Waals surface area contributed by atoms with Crippen LogP contribution in [0.1, 0.15) is 63.5 Å². The minimum atomic E-state index is -1.15. The molecule has 0 spiro atoms. The molecule has 0 unspecified atom stereocenters. The van der Waals surface area contributed by atoms with E-state index in [1.165, 1.54) is 29.7 Å². The van der Waals surface area contributed by atoms with E-state index >= 15 is 0 Å². The highest BCUT2D eigenvalue weighted by atomic mass is 16.7. The zero-order chi connectivity index (χ0) is 28.4. The summed E-state index contributed by atoms with van der Waals surface area (Å²) in [6.07, 6.45) is 5.19. The van der Waals surface area contributed by atoms with E-state index in [2.05, 4.69) is 9.98 Å². The number of aliphatic hydroxyl groups is 2. The van der Waals surface area contributed by atoms with Crippen LogP contribution in [0.3, 0.4) is 0 Å². The number of carbonyl (C=O) groups excluding carboxylic acids is 4. The van der Waals surface area contributed by atoms with Crippen molar-refractivity contribution in [2.45, 2.75) is 70.0 Å². The third kappa shape index (κ3) is 5.78. The van der Waals surface area contributed by atoms with Gasteiger partial charge < -0.3 is 24.4 Å². The van der Waals surface area contributed by atoms with Crippen molar-refractivity contribution in [1.82, 2.24) is 19.4 Å². The van der Waals surface area contributed by atoms with Gasteiger partial charge in [-0.1, -0.05) is 6.92 Å². The van der Waals surface area contributed by atoms with Crippen LogP contribution in [-0.4, -0.2) is 91.9 Å². The van der Waals surface area contributed by atoms with Gasteiger partial charge in [0.25, 0.3) is 11.8 Å². The predicted octanol–water partition coefficient (Wildman–Crippen LogP) is 1.32. The molecular formula is C26H33N5O9. The molecule has 3 amide bonds. The SMILES string of the molecule is CC[C@@H]1O[C@H](n2cnc3c2N=CN(C(=O)OCOC(=O)C2CCC(CN4C(=O)C=CC4=O)CC2)C[C@H]3O)C[C@H]1O. The fourth-order valence-electron chi connectivity index (χ4n) is 5.56. The molecule has 3 aliphatic heterocycles. The Bertz CT molecular complexity index is 1190. The summed E-state index contributed by atoms with van der Waals surface area (Å²) in [6.45, 7) is 1.49. The maximum absolute atomic E-state index is 12.6. The zero-order valence-corrected chi connectivity index (χ0v) is 22.1. The summed E-state index contributed by atoms with van der Waals surface area (Å²) < 4.78 is 17.8. The molecule has 216 valence electrons. The number of hydrogen-bond donors (Lipinski definition) is 2. The summed E-state index contributed by atoms with van der Waals surface area (Å²) in [7, 11) is 0. The molecule has 1 aromatic rings. The van der Waals surface area contributed by atoms with E-state index in [0.717, 1.165) is 4.90 Å². The summed E-state index contributed by atoms with van der Waals surface area (Å²) in [5.41, 5.74) is 0.265. The number of ether oxygens (including phenoxy) is 3. The molecule has 0 aromatic carbocycles. The number of β-amino-alcohol motifs (C(OH)–C–C–N with tert-alkyl or cyclic N) is 1. The first-order chi connectivity index (χ1) is 19.2. The first-order valence-electron chi connectivity index (χ1n) is 13.5. The average molecular weight is 560 g/mol. The van der Waals surface area contributed by atoms with Gasteiger partial charge in [0.15, 0.2) is 5.82 Å². The van der Waals surface area contributed by atoms with Gasteiger partial charge in [-0.2, -0.15) is 0 Å². The van der Waals surface area contributed by atoms with Gasteiger partial charge in [0.05, 0.1) is 31.0 Å². The molecule has 4 aliphatic rings. The van der Waals surface area contributed by atoms with Crippen LogP contribution in [0.15, 0.2) is 23.5 Å². The van der Waals surface area contributed by atoms with E-state index in [9.17, 15) is 29.4 Å². The highest BCUT2D eigenvalue weighted by Gasteiger charge is 2.37. The molecule has 0 bridgehead atoms. The highest BCUT2D eigenvalue weighted by molar-refractivity contribution is 6.12. The molecule has 1 saturated heterocycles. The van der Waals surface area contributed by atoms with Crippen molar-refractivity contribution in [1.29, 1.82) is 0 Å². The van der Waals surface area contributed by atoms with Crippen molar-refractivity contribution in [2.24, 2.45) is 16.8 Å². The first kappa shape index (κ1) is 27.9. The van der Waals surface area contributed by atoms with Crippen LogP contribution >= 0.6 is 0 Å². The standard InChI is InChI=1S/C26H33N5O9/c1-2-19-17(32)9-22(40-19)31-13-27-23-18(33)11-29(12-28-24(23)31)26(37)39-14-38-25(36)16-5-3-15(4-6-16)10-30-20(34)7-8-21(30)35/h7-8,12-13,15-19,22,32-33H,2-6,9-11,14H2,1H3/t15?,16?,17-,18-,19+,22+/m1/s1. The van der Waals surface area contributed by atoms with E-state index in [4.69, 9.17) is 14.2 Å². The second-order valence-corrected chi connectivity index (χ2v) is 10.4. The number of aromatic nitrogens is 2. The molecule has 14 nitrogen and oxygen atoms in total. The van der Waals surface area contributed by atoms with E-state index in [1.807, 2.05) is 6.92 Å². The van der Waals surface area contributed by atoms with Gasteiger partial charge >= 0.3 is 12.1 Å². The molecule has 4 heterocycles. The van der Waals surface area contributed by atoms with Crippen LogP contribution in [0.4, 0.5) is 10.6 Å². The Labute approximate surface area is 230 Å². The van der Waals surface area contributed by atoms with Crippen molar-refractivity contribution in [3.63, 3.8) is 0 Å². The van der Waals surface area contributed by atoms with E-state index in [1.54, 1.807) is 4.57 Å². The van der Waals surface area contributed by atoms with Gasteiger partial charge in [0.1, 0.15) is 24.4 Å². The number of hydrogen-bond acceptors (Lipinski definition) is 11. The number of rotatable bonds is 7. The molecular weight excluding hydrogens is 526 g/mol. The molecule has 1 aromatic heterocycles. The monoisotopic (exact) mass is 559 g/mol. The molecule has 14 heteroatoms. The number of esters is 1. The van der Waals surface area contributed by atoms with Crippen LogP contribution in [0.5, 0.6) is 0 Å². The van der Waals surface area contributed by atoms with Crippen molar-refractivity contribution < 1.29 is 43.6 Å². The number of nitrogens with zero attached hydrogens (tertiary/aromatic N) is 5. The molecule has 1 aliphatic carbocycles. The number of aliphatic imine (C=N–C) groups is 1. The molecule has 2 fully saturated rings. The minimum Gasteiger partial charge on any atom is -0.428 e. The Morgan fingerprint density at radius 3 is 2.50 bits per heavy atom. The van der Waals surface area contributed by atoms with Crippen molar-refractivity contribution >= 4 is 36.0 Å². The number of carbonyl (C=O) groups is 4. The molecule has 1 saturated carbocycles. The number of imide groups is 1. The largest absolute Gasteiger partial charge is 0.428 e. The van der Waals surface area contributed by atoms with Crippen LogP contribution < -0.4 is 0 Å². The summed E-state index contributed by atoms with van der Waals surface area (Å²) in [4.78, 5) is 59.5. The summed E-state index contributed by atoms with van der Waals surface area (Å²) >= 11 is 0. The summed E-state index contributed by atoms with van der Waals surface area (Å²) in [5, 5.41) is 20.9. The smallest absolute Gasteiger partial charge is 0.418 e. The topological polar surface area (TPSA) is 173 Å². The number of imidazole rings is 1. The third-order valence-corrected chi connectivity index (χ3v) is 7.86. The maximum atomic E-state index is 12.6. The molecule has 2 N–H and O–H groups in total. The Kier molecular flexibility index (Phi) is 8.28. The maximum Gasteiger partial charge on any atom is 0.418 e. The van der Waals surface area contributed by atoms with Crippen molar-refractivity contribution in [3.8, 4) is 0 Å². The Hall–Kier alpha value is -3.62. The second-order valence-electron chi connectivity index (χ2n) is 10.4. The number of fused-ring (bicyclic) bond motifs is 1.